The molecule has 0 unspecified atom stereocenters. The smallest absolute Gasteiger partial charge is 0.0107 e. The number of rotatable bonds is 9. The molecule has 1 fully saturated rings. The number of piperidine rings is 1. The molecule has 1 aliphatic heterocycles. The number of hydrogen-bond acceptors (Lipinski definition) is 3. The summed E-state index contributed by atoms with van der Waals surface area (Å²) in [6.07, 6.45) is 3.78. The van der Waals surface area contributed by atoms with Gasteiger partial charge in [0.1, 0.15) is 0 Å². The van der Waals surface area contributed by atoms with E-state index in [1.54, 1.807) is 0 Å². The molecule has 0 radical (unpaired) electrons. The highest BCUT2D eigenvalue weighted by Gasteiger charge is 2.18. The van der Waals surface area contributed by atoms with Crippen molar-refractivity contribution in [3.8, 4) is 0 Å². The second kappa shape index (κ2) is 9.98. The van der Waals surface area contributed by atoms with Gasteiger partial charge in [0.05, 0.1) is 0 Å². The Bertz CT molecular complexity index is 381. The quantitative estimate of drug-likeness (QED) is 0.756. The van der Waals surface area contributed by atoms with Gasteiger partial charge in [-0.25, -0.2) is 0 Å². The molecule has 1 heterocycles. The Morgan fingerprint density at radius 1 is 1.09 bits per heavy atom. The molecule has 0 aromatic heterocycles. The van der Waals surface area contributed by atoms with Crippen LogP contribution in [0.1, 0.15) is 32.3 Å². The summed E-state index contributed by atoms with van der Waals surface area (Å²) in [5.74, 6) is 0. The summed E-state index contributed by atoms with van der Waals surface area (Å²) in [6, 6.07) is 11.6. The SMILES string of the molecule is CCN(CC)CCNC1CCN(CCc2ccccc2)CC1. The van der Waals surface area contributed by atoms with E-state index in [0.717, 1.165) is 25.7 Å². The topological polar surface area (TPSA) is 18.5 Å². The van der Waals surface area contributed by atoms with Crippen LogP contribution < -0.4 is 5.32 Å². The fraction of sp³-hybridized carbons (Fsp3) is 0.684. The predicted octanol–water partition coefficient (Wildman–Crippen LogP) is 2.62. The van der Waals surface area contributed by atoms with Gasteiger partial charge in [-0.2, -0.15) is 0 Å². The van der Waals surface area contributed by atoms with Crippen LogP contribution >= 0.6 is 0 Å². The minimum atomic E-state index is 0.725. The van der Waals surface area contributed by atoms with Gasteiger partial charge in [-0.1, -0.05) is 44.2 Å². The summed E-state index contributed by atoms with van der Waals surface area (Å²) in [6.45, 7) is 12.8. The van der Waals surface area contributed by atoms with Crippen molar-refractivity contribution in [1.29, 1.82) is 0 Å². The van der Waals surface area contributed by atoms with E-state index in [2.05, 4.69) is 59.3 Å². The van der Waals surface area contributed by atoms with E-state index in [0.29, 0.717) is 0 Å². The number of nitrogens with one attached hydrogen (secondary N) is 1. The molecule has 22 heavy (non-hydrogen) atoms. The fourth-order valence-corrected chi connectivity index (χ4v) is 3.26. The Kier molecular flexibility index (Phi) is 7.92. The lowest BCUT2D eigenvalue weighted by Gasteiger charge is -2.33. The standard InChI is InChI=1S/C19H33N3/c1-3-21(4-2)17-13-20-19-11-15-22(16-12-19)14-10-18-8-6-5-7-9-18/h5-9,19-20H,3-4,10-17H2,1-2H3. The number of nitrogens with zero attached hydrogens (tertiary/aromatic N) is 2. The first-order valence-electron chi connectivity index (χ1n) is 9.03. The molecule has 0 spiro atoms. The molecule has 3 heteroatoms. The van der Waals surface area contributed by atoms with E-state index in [1.807, 2.05) is 0 Å². The lowest BCUT2D eigenvalue weighted by molar-refractivity contribution is 0.195. The third-order valence-electron chi connectivity index (χ3n) is 4.90. The number of benzene rings is 1. The van der Waals surface area contributed by atoms with E-state index in [-0.39, 0.29) is 0 Å². The maximum atomic E-state index is 3.75. The summed E-state index contributed by atoms with van der Waals surface area (Å²) >= 11 is 0. The van der Waals surface area contributed by atoms with Crippen LogP contribution in [0.4, 0.5) is 0 Å². The first kappa shape index (κ1) is 17.5. The van der Waals surface area contributed by atoms with Crippen molar-refractivity contribution in [2.24, 2.45) is 0 Å². The molecule has 124 valence electrons. The van der Waals surface area contributed by atoms with Gasteiger partial charge in [0.15, 0.2) is 0 Å². The molecule has 1 saturated heterocycles. The van der Waals surface area contributed by atoms with Gasteiger partial charge in [0.2, 0.25) is 0 Å². The highest BCUT2D eigenvalue weighted by molar-refractivity contribution is 5.14. The minimum Gasteiger partial charge on any atom is -0.313 e. The van der Waals surface area contributed by atoms with E-state index < -0.39 is 0 Å². The highest BCUT2D eigenvalue weighted by atomic mass is 15.2. The van der Waals surface area contributed by atoms with E-state index in [1.165, 1.54) is 51.0 Å². The van der Waals surface area contributed by atoms with Crippen LogP contribution in [-0.4, -0.2) is 61.7 Å². The maximum absolute atomic E-state index is 3.75. The molecule has 3 nitrogen and oxygen atoms in total. The normalized spacial score (nSPS) is 17.2. The van der Waals surface area contributed by atoms with Crippen LogP contribution in [0.3, 0.4) is 0 Å². The largest absolute Gasteiger partial charge is 0.313 e. The van der Waals surface area contributed by atoms with Gasteiger partial charge < -0.3 is 15.1 Å². The van der Waals surface area contributed by atoms with Crippen LogP contribution in [0.2, 0.25) is 0 Å². The summed E-state index contributed by atoms with van der Waals surface area (Å²) in [4.78, 5) is 5.11. The first-order chi connectivity index (χ1) is 10.8. The molecule has 1 N–H and O–H groups in total. The average molecular weight is 303 g/mol. The Hall–Kier alpha value is -0.900. The summed E-state index contributed by atoms with van der Waals surface area (Å²) in [5, 5.41) is 3.75. The molecule has 0 amide bonds. The zero-order chi connectivity index (χ0) is 15.6. The molecule has 2 rings (SSSR count). The molecule has 1 aromatic rings. The van der Waals surface area contributed by atoms with Crippen molar-refractivity contribution < 1.29 is 0 Å². The van der Waals surface area contributed by atoms with Gasteiger partial charge in [-0.15, -0.1) is 0 Å². The van der Waals surface area contributed by atoms with E-state index in [9.17, 15) is 0 Å². The third-order valence-corrected chi connectivity index (χ3v) is 4.90. The molecular weight excluding hydrogens is 270 g/mol. The van der Waals surface area contributed by atoms with Gasteiger partial charge in [0, 0.05) is 25.7 Å². The van der Waals surface area contributed by atoms with Crippen molar-refractivity contribution in [2.45, 2.75) is 39.2 Å². The zero-order valence-corrected chi connectivity index (χ0v) is 14.4. The monoisotopic (exact) mass is 303 g/mol. The third kappa shape index (κ3) is 6.07. The van der Waals surface area contributed by atoms with Crippen molar-refractivity contribution in [1.82, 2.24) is 15.1 Å². The van der Waals surface area contributed by atoms with Crippen molar-refractivity contribution in [3.05, 3.63) is 35.9 Å². The van der Waals surface area contributed by atoms with Crippen LogP contribution in [-0.2, 0) is 6.42 Å². The predicted molar refractivity (Wildman–Crippen MR) is 95.4 cm³/mol. The number of likely N-dealkylation sites (tertiary alicyclic amines) is 1. The van der Waals surface area contributed by atoms with Crippen molar-refractivity contribution >= 4 is 0 Å². The Morgan fingerprint density at radius 2 is 1.77 bits per heavy atom. The molecule has 0 saturated carbocycles. The van der Waals surface area contributed by atoms with Crippen molar-refractivity contribution in [2.75, 3.05) is 45.8 Å². The summed E-state index contributed by atoms with van der Waals surface area (Å²) < 4.78 is 0. The fourth-order valence-electron chi connectivity index (χ4n) is 3.26. The van der Waals surface area contributed by atoms with E-state index >= 15 is 0 Å². The van der Waals surface area contributed by atoms with Crippen LogP contribution in [0.5, 0.6) is 0 Å². The first-order valence-corrected chi connectivity index (χ1v) is 9.03. The lowest BCUT2D eigenvalue weighted by Crippen LogP contribution is -2.45. The van der Waals surface area contributed by atoms with Gasteiger partial charge in [-0.05, 0) is 51.0 Å². The molecular formula is C19H33N3. The second-order valence-corrected chi connectivity index (χ2v) is 6.33. The lowest BCUT2D eigenvalue weighted by atomic mass is 10.0. The van der Waals surface area contributed by atoms with Gasteiger partial charge in [0.25, 0.3) is 0 Å². The van der Waals surface area contributed by atoms with Crippen LogP contribution in [0.15, 0.2) is 30.3 Å². The molecule has 1 aromatic carbocycles. The zero-order valence-electron chi connectivity index (χ0n) is 14.4. The molecule has 0 atom stereocenters. The molecule has 1 aliphatic rings. The van der Waals surface area contributed by atoms with E-state index in [4.69, 9.17) is 0 Å². The maximum Gasteiger partial charge on any atom is 0.0107 e. The van der Waals surface area contributed by atoms with Crippen LogP contribution in [0.25, 0.3) is 0 Å². The Morgan fingerprint density at radius 3 is 2.41 bits per heavy atom. The molecule has 0 bridgehead atoms. The average Bonchev–Trinajstić information content (AvgIpc) is 2.59. The molecule has 0 aliphatic carbocycles. The van der Waals surface area contributed by atoms with Gasteiger partial charge in [-0.3, -0.25) is 0 Å². The van der Waals surface area contributed by atoms with Crippen molar-refractivity contribution in [3.63, 3.8) is 0 Å². The summed E-state index contributed by atoms with van der Waals surface area (Å²) in [5.41, 5.74) is 1.46. The minimum absolute atomic E-state index is 0.725. The Balaban J connectivity index is 1.57. The second-order valence-electron chi connectivity index (χ2n) is 6.33. The van der Waals surface area contributed by atoms with Crippen LogP contribution in [0, 0.1) is 0 Å². The number of likely N-dealkylation sites (N-methyl/N-ethyl adjacent to an activating group) is 1. The highest BCUT2D eigenvalue weighted by Crippen LogP contribution is 2.11. The Labute approximate surface area is 136 Å². The number of hydrogen-bond donors (Lipinski definition) is 1. The van der Waals surface area contributed by atoms with Gasteiger partial charge >= 0.3 is 0 Å². The summed E-state index contributed by atoms with van der Waals surface area (Å²) in [7, 11) is 0.